The van der Waals surface area contributed by atoms with Crippen molar-refractivity contribution in [2.24, 2.45) is 0 Å². The number of amides is 1. The van der Waals surface area contributed by atoms with E-state index < -0.39 is 30.1 Å². The standard InChI is InChI=1S/C11H7F6NO2/c12-10(13,14)9(11(15,16)17)18-8(19)7(20-9)6-4-2-1-3-5-6/h1-5,7H,(H,18,19). The van der Waals surface area contributed by atoms with Crippen molar-refractivity contribution in [1.82, 2.24) is 5.32 Å². The highest BCUT2D eigenvalue weighted by Gasteiger charge is 2.77. The minimum absolute atomic E-state index is 0.0969. The number of ether oxygens (including phenoxy) is 1. The first-order valence-corrected chi connectivity index (χ1v) is 5.27. The Balaban J connectivity index is 2.44. The monoisotopic (exact) mass is 299 g/mol. The molecule has 1 N–H and O–H groups in total. The van der Waals surface area contributed by atoms with Gasteiger partial charge in [0.25, 0.3) is 5.91 Å². The van der Waals surface area contributed by atoms with E-state index in [0.717, 1.165) is 5.32 Å². The Hall–Kier alpha value is -1.77. The molecule has 1 aliphatic rings. The second kappa shape index (κ2) is 4.37. The van der Waals surface area contributed by atoms with Crippen LogP contribution in [0.2, 0.25) is 0 Å². The fourth-order valence-electron chi connectivity index (χ4n) is 1.78. The second-order valence-electron chi connectivity index (χ2n) is 4.07. The summed E-state index contributed by atoms with van der Waals surface area (Å²) in [6.07, 6.45) is -13.6. The van der Waals surface area contributed by atoms with Crippen LogP contribution in [-0.2, 0) is 9.53 Å². The van der Waals surface area contributed by atoms with Crippen LogP contribution in [0.15, 0.2) is 30.3 Å². The summed E-state index contributed by atoms with van der Waals surface area (Å²) >= 11 is 0. The highest BCUT2D eigenvalue weighted by molar-refractivity contribution is 5.85. The molecule has 1 atom stereocenters. The summed E-state index contributed by atoms with van der Waals surface area (Å²) in [6.45, 7) is 0. The molecule has 1 saturated heterocycles. The molecule has 110 valence electrons. The van der Waals surface area contributed by atoms with Gasteiger partial charge in [-0.15, -0.1) is 0 Å². The van der Waals surface area contributed by atoms with Crippen molar-refractivity contribution in [3.63, 3.8) is 0 Å². The fourth-order valence-corrected chi connectivity index (χ4v) is 1.78. The van der Waals surface area contributed by atoms with Gasteiger partial charge < -0.3 is 10.1 Å². The summed E-state index contributed by atoms with van der Waals surface area (Å²) in [6, 6.07) is 6.64. The fraction of sp³-hybridized carbons (Fsp3) is 0.364. The number of benzene rings is 1. The van der Waals surface area contributed by atoms with E-state index in [-0.39, 0.29) is 5.56 Å². The highest BCUT2D eigenvalue weighted by atomic mass is 19.4. The Morgan fingerprint density at radius 3 is 1.90 bits per heavy atom. The molecule has 0 saturated carbocycles. The summed E-state index contributed by atoms with van der Waals surface area (Å²) in [5.41, 5.74) is -4.78. The maximum atomic E-state index is 12.7. The number of nitrogens with one attached hydrogen (secondary N) is 1. The zero-order valence-electron chi connectivity index (χ0n) is 9.55. The predicted octanol–water partition coefficient (Wildman–Crippen LogP) is 2.70. The van der Waals surface area contributed by atoms with E-state index in [1.165, 1.54) is 30.3 Å². The van der Waals surface area contributed by atoms with Crippen molar-refractivity contribution in [3.8, 4) is 0 Å². The Morgan fingerprint density at radius 2 is 1.50 bits per heavy atom. The molecular formula is C11H7F6NO2. The quantitative estimate of drug-likeness (QED) is 0.810. The Morgan fingerprint density at radius 1 is 1.00 bits per heavy atom. The lowest BCUT2D eigenvalue weighted by Gasteiger charge is -2.32. The third kappa shape index (κ3) is 2.11. The predicted molar refractivity (Wildman–Crippen MR) is 53.3 cm³/mol. The molecule has 3 nitrogen and oxygen atoms in total. The number of hydrogen-bond acceptors (Lipinski definition) is 2. The van der Waals surface area contributed by atoms with E-state index in [0.29, 0.717) is 0 Å². The van der Waals surface area contributed by atoms with Gasteiger partial charge in [-0.3, -0.25) is 4.79 Å². The lowest BCUT2D eigenvalue weighted by Crippen LogP contribution is -2.64. The lowest BCUT2D eigenvalue weighted by molar-refractivity contribution is -0.382. The number of carbonyl (C=O) groups excluding carboxylic acids is 1. The number of alkyl halides is 6. The molecule has 1 heterocycles. The van der Waals surface area contributed by atoms with Crippen LogP contribution in [0.3, 0.4) is 0 Å². The van der Waals surface area contributed by atoms with Crippen molar-refractivity contribution in [2.45, 2.75) is 24.2 Å². The minimum Gasteiger partial charge on any atom is -0.322 e. The van der Waals surface area contributed by atoms with E-state index in [4.69, 9.17) is 0 Å². The largest absolute Gasteiger partial charge is 0.446 e. The number of hydrogen-bond donors (Lipinski definition) is 1. The van der Waals surface area contributed by atoms with Gasteiger partial charge in [0.2, 0.25) is 0 Å². The summed E-state index contributed by atoms with van der Waals surface area (Å²) in [5.74, 6) is -1.49. The maximum Gasteiger partial charge on any atom is 0.446 e. The average molecular weight is 299 g/mol. The maximum absolute atomic E-state index is 12.7. The molecule has 0 radical (unpaired) electrons. The van der Waals surface area contributed by atoms with Crippen LogP contribution < -0.4 is 5.32 Å². The summed E-state index contributed by atoms with van der Waals surface area (Å²) in [4.78, 5) is 11.4. The molecule has 0 aromatic heterocycles. The van der Waals surface area contributed by atoms with Crippen LogP contribution in [0.25, 0.3) is 0 Å². The molecule has 0 spiro atoms. The molecule has 1 aromatic rings. The Labute approximate surface area is 108 Å². The van der Waals surface area contributed by atoms with Crippen molar-refractivity contribution in [2.75, 3.05) is 0 Å². The van der Waals surface area contributed by atoms with Crippen molar-refractivity contribution >= 4 is 5.91 Å². The first-order chi connectivity index (χ1) is 9.08. The van der Waals surface area contributed by atoms with Crippen LogP contribution in [0.1, 0.15) is 11.7 Å². The first kappa shape index (κ1) is 14.6. The van der Waals surface area contributed by atoms with Crippen molar-refractivity contribution in [3.05, 3.63) is 35.9 Å². The van der Waals surface area contributed by atoms with E-state index in [2.05, 4.69) is 4.74 Å². The Kier molecular flexibility index (Phi) is 3.20. The molecular weight excluding hydrogens is 292 g/mol. The van der Waals surface area contributed by atoms with Gasteiger partial charge in [0.05, 0.1) is 0 Å². The minimum atomic E-state index is -5.83. The van der Waals surface area contributed by atoms with Gasteiger partial charge in [-0.1, -0.05) is 30.3 Å². The zero-order valence-corrected chi connectivity index (χ0v) is 9.55. The van der Waals surface area contributed by atoms with Gasteiger partial charge in [-0.2, -0.15) is 26.3 Å². The number of carbonyl (C=O) groups is 1. The first-order valence-electron chi connectivity index (χ1n) is 5.27. The van der Waals surface area contributed by atoms with Gasteiger partial charge in [0.15, 0.2) is 6.10 Å². The zero-order chi connectivity index (χ0) is 15.2. The molecule has 1 unspecified atom stereocenters. The molecule has 9 heteroatoms. The van der Waals surface area contributed by atoms with Crippen molar-refractivity contribution in [1.29, 1.82) is 0 Å². The Bertz CT molecular complexity index is 496. The molecule has 1 fully saturated rings. The lowest BCUT2D eigenvalue weighted by atomic mass is 10.1. The smallest absolute Gasteiger partial charge is 0.322 e. The molecule has 1 amide bonds. The van der Waals surface area contributed by atoms with Gasteiger partial charge in [0.1, 0.15) is 0 Å². The molecule has 0 bridgehead atoms. The van der Waals surface area contributed by atoms with Crippen LogP contribution in [0.5, 0.6) is 0 Å². The van der Waals surface area contributed by atoms with Gasteiger partial charge in [0, 0.05) is 0 Å². The summed E-state index contributed by atoms with van der Waals surface area (Å²) < 4.78 is 80.4. The van der Waals surface area contributed by atoms with E-state index in [1.54, 1.807) is 0 Å². The molecule has 1 aromatic carbocycles. The van der Waals surface area contributed by atoms with Gasteiger partial charge >= 0.3 is 18.1 Å². The average Bonchev–Trinajstić information content (AvgIpc) is 2.68. The SMILES string of the molecule is O=C1NC(C(F)(F)F)(C(F)(F)F)OC1c1ccccc1. The second-order valence-corrected chi connectivity index (χ2v) is 4.07. The third-order valence-corrected chi connectivity index (χ3v) is 2.73. The van der Waals surface area contributed by atoms with E-state index in [9.17, 15) is 31.1 Å². The molecule has 2 rings (SSSR count). The summed E-state index contributed by atoms with van der Waals surface area (Å²) in [5, 5.41) is 0.885. The number of halogens is 6. The van der Waals surface area contributed by atoms with Gasteiger partial charge in [-0.05, 0) is 5.56 Å². The van der Waals surface area contributed by atoms with Crippen LogP contribution >= 0.6 is 0 Å². The molecule has 20 heavy (non-hydrogen) atoms. The highest BCUT2D eigenvalue weighted by Crippen LogP contribution is 2.49. The summed E-state index contributed by atoms with van der Waals surface area (Å²) in [7, 11) is 0. The van der Waals surface area contributed by atoms with Crippen molar-refractivity contribution < 1.29 is 35.9 Å². The van der Waals surface area contributed by atoms with Crippen LogP contribution in [0, 0.1) is 0 Å². The third-order valence-electron chi connectivity index (χ3n) is 2.73. The van der Waals surface area contributed by atoms with Crippen LogP contribution in [0.4, 0.5) is 26.3 Å². The normalized spacial score (nSPS) is 22.7. The van der Waals surface area contributed by atoms with E-state index >= 15 is 0 Å². The van der Waals surface area contributed by atoms with E-state index in [1.807, 2.05) is 0 Å². The number of rotatable bonds is 1. The molecule has 1 aliphatic heterocycles. The van der Waals surface area contributed by atoms with Crippen LogP contribution in [-0.4, -0.2) is 24.0 Å². The topological polar surface area (TPSA) is 38.3 Å². The molecule has 0 aliphatic carbocycles. The van der Waals surface area contributed by atoms with Gasteiger partial charge in [-0.25, -0.2) is 0 Å².